The van der Waals surface area contributed by atoms with Crippen LogP contribution >= 0.6 is 15.9 Å². The highest BCUT2D eigenvalue weighted by Gasteiger charge is 2.26. The van der Waals surface area contributed by atoms with Gasteiger partial charge in [-0.1, -0.05) is 46.3 Å². The van der Waals surface area contributed by atoms with Crippen LogP contribution in [-0.2, 0) is 4.79 Å². The van der Waals surface area contributed by atoms with E-state index in [2.05, 4.69) is 21.2 Å². The smallest absolute Gasteiger partial charge is 0.282 e. The van der Waals surface area contributed by atoms with Gasteiger partial charge in [0.2, 0.25) is 0 Å². The maximum absolute atomic E-state index is 12.5. The second kappa shape index (κ2) is 8.14. The van der Waals surface area contributed by atoms with Crippen molar-refractivity contribution in [2.45, 2.75) is 19.0 Å². The van der Waals surface area contributed by atoms with E-state index in [0.29, 0.717) is 0 Å². The molecule has 0 aliphatic heterocycles. The Kier molecular flexibility index (Phi) is 5.68. The number of nitrogens with two attached hydrogens (primary N) is 1. The van der Waals surface area contributed by atoms with Gasteiger partial charge in [0.1, 0.15) is 0 Å². The molecular formula is C20H20BrN2O2+. The molecule has 3 aromatic rings. The molecule has 1 aromatic heterocycles. The topological polar surface area (TPSA) is 58.9 Å². The number of carbonyl (C=O) groups excluding carboxylic acids is 1. The monoisotopic (exact) mass is 399 g/mol. The van der Waals surface area contributed by atoms with E-state index in [1.807, 2.05) is 79.0 Å². The van der Waals surface area contributed by atoms with Crippen LogP contribution in [-0.4, -0.2) is 11.9 Å². The molecule has 4 nitrogen and oxygen atoms in total. The number of nitrogens with one attached hydrogen (secondary N) is 1. The lowest BCUT2D eigenvalue weighted by atomic mass is 10.0. The summed E-state index contributed by atoms with van der Waals surface area (Å²) in [5.74, 6) is 0.782. The number of rotatable bonds is 6. The Morgan fingerprint density at radius 2 is 1.76 bits per heavy atom. The Balaban J connectivity index is 1.72. The SMILES string of the molecule is C[C@@H]([NH2+][C@H](c1ccccc1)c1ccco1)C(=O)Nc1ccc(Br)cc1. The maximum Gasteiger partial charge on any atom is 0.282 e. The third-order valence-electron chi connectivity index (χ3n) is 4.01. The number of benzene rings is 2. The molecule has 2 atom stereocenters. The average molecular weight is 400 g/mol. The number of hydrogen-bond acceptors (Lipinski definition) is 2. The van der Waals surface area contributed by atoms with E-state index >= 15 is 0 Å². The van der Waals surface area contributed by atoms with Crippen molar-refractivity contribution >= 4 is 27.5 Å². The molecule has 0 bridgehead atoms. The Morgan fingerprint density at radius 3 is 2.40 bits per heavy atom. The average Bonchev–Trinajstić information content (AvgIpc) is 3.16. The molecule has 128 valence electrons. The van der Waals surface area contributed by atoms with Gasteiger partial charge >= 0.3 is 0 Å². The van der Waals surface area contributed by atoms with Crippen molar-refractivity contribution in [2.24, 2.45) is 0 Å². The van der Waals surface area contributed by atoms with Gasteiger partial charge in [0, 0.05) is 15.7 Å². The summed E-state index contributed by atoms with van der Waals surface area (Å²) in [5.41, 5.74) is 1.88. The van der Waals surface area contributed by atoms with Gasteiger partial charge in [0.25, 0.3) is 5.91 Å². The van der Waals surface area contributed by atoms with Crippen molar-refractivity contribution in [3.8, 4) is 0 Å². The first-order valence-electron chi connectivity index (χ1n) is 8.13. The first kappa shape index (κ1) is 17.5. The van der Waals surface area contributed by atoms with Crippen molar-refractivity contribution in [3.05, 3.63) is 88.8 Å². The van der Waals surface area contributed by atoms with E-state index in [9.17, 15) is 4.79 Å². The fourth-order valence-corrected chi connectivity index (χ4v) is 2.93. The summed E-state index contributed by atoms with van der Waals surface area (Å²) in [6.07, 6.45) is 1.66. The second-order valence-electron chi connectivity index (χ2n) is 5.88. The number of furan rings is 1. The minimum Gasteiger partial charge on any atom is -0.463 e. The minimum absolute atomic E-state index is 0.0465. The summed E-state index contributed by atoms with van der Waals surface area (Å²) in [5, 5.41) is 4.97. The third-order valence-corrected chi connectivity index (χ3v) is 4.54. The first-order chi connectivity index (χ1) is 12.1. The second-order valence-corrected chi connectivity index (χ2v) is 6.80. The molecule has 1 amide bonds. The number of amides is 1. The van der Waals surface area contributed by atoms with Gasteiger partial charge in [0.15, 0.2) is 17.8 Å². The Bertz CT molecular complexity index is 801. The quantitative estimate of drug-likeness (QED) is 0.663. The van der Waals surface area contributed by atoms with E-state index in [1.165, 1.54) is 0 Å². The van der Waals surface area contributed by atoms with Crippen molar-refractivity contribution in [1.29, 1.82) is 0 Å². The van der Waals surface area contributed by atoms with Crippen LogP contribution < -0.4 is 10.6 Å². The summed E-state index contributed by atoms with van der Waals surface area (Å²) >= 11 is 3.39. The largest absolute Gasteiger partial charge is 0.463 e. The lowest BCUT2D eigenvalue weighted by Crippen LogP contribution is -2.92. The number of hydrogen-bond donors (Lipinski definition) is 2. The molecule has 5 heteroatoms. The first-order valence-corrected chi connectivity index (χ1v) is 8.92. The Labute approximate surface area is 155 Å². The van der Waals surface area contributed by atoms with Gasteiger partial charge in [-0.25, -0.2) is 0 Å². The summed E-state index contributed by atoms with van der Waals surface area (Å²) in [6.45, 7) is 1.90. The fraction of sp³-hybridized carbons (Fsp3) is 0.150. The minimum atomic E-state index is -0.279. The molecule has 3 rings (SSSR count). The fourth-order valence-electron chi connectivity index (χ4n) is 2.66. The molecule has 0 saturated heterocycles. The molecule has 0 fully saturated rings. The summed E-state index contributed by atoms with van der Waals surface area (Å²) in [6, 6.07) is 21.1. The highest BCUT2D eigenvalue weighted by molar-refractivity contribution is 9.10. The highest BCUT2D eigenvalue weighted by Crippen LogP contribution is 2.19. The molecular weight excluding hydrogens is 380 g/mol. The molecule has 0 unspecified atom stereocenters. The van der Waals surface area contributed by atoms with Crippen molar-refractivity contribution in [2.75, 3.05) is 5.32 Å². The number of anilines is 1. The van der Waals surface area contributed by atoms with Gasteiger partial charge in [-0.15, -0.1) is 0 Å². The van der Waals surface area contributed by atoms with Crippen LogP contribution in [0, 0.1) is 0 Å². The number of carbonyl (C=O) groups is 1. The van der Waals surface area contributed by atoms with Gasteiger partial charge in [0.05, 0.1) is 6.26 Å². The van der Waals surface area contributed by atoms with Gasteiger partial charge < -0.3 is 15.1 Å². The Morgan fingerprint density at radius 1 is 1.04 bits per heavy atom. The molecule has 1 heterocycles. The molecule has 0 saturated carbocycles. The van der Waals surface area contributed by atoms with Gasteiger partial charge in [-0.3, -0.25) is 4.79 Å². The normalized spacial score (nSPS) is 13.2. The van der Waals surface area contributed by atoms with E-state index < -0.39 is 0 Å². The zero-order valence-corrected chi connectivity index (χ0v) is 15.4. The maximum atomic E-state index is 12.5. The molecule has 0 radical (unpaired) electrons. The van der Waals surface area contributed by atoms with E-state index in [1.54, 1.807) is 6.26 Å². The lowest BCUT2D eigenvalue weighted by molar-refractivity contribution is -0.706. The van der Waals surface area contributed by atoms with Crippen LogP contribution in [0.1, 0.15) is 24.3 Å². The molecule has 3 N–H and O–H groups in total. The van der Waals surface area contributed by atoms with Gasteiger partial charge in [-0.05, 0) is 43.3 Å². The summed E-state index contributed by atoms with van der Waals surface area (Å²) in [4.78, 5) is 12.5. The van der Waals surface area contributed by atoms with Crippen molar-refractivity contribution < 1.29 is 14.5 Å². The third kappa shape index (κ3) is 4.59. The summed E-state index contributed by atoms with van der Waals surface area (Å²) in [7, 11) is 0. The van der Waals surface area contributed by atoms with Crippen LogP contribution in [0.2, 0.25) is 0 Å². The van der Waals surface area contributed by atoms with Crippen LogP contribution in [0.5, 0.6) is 0 Å². The molecule has 25 heavy (non-hydrogen) atoms. The predicted octanol–water partition coefficient (Wildman–Crippen LogP) is 3.72. The van der Waals surface area contributed by atoms with Gasteiger partial charge in [-0.2, -0.15) is 0 Å². The highest BCUT2D eigenvalue weighted by atomic mass is 79.9. The van der Waals surface area contributed by atoms with Crippen LogP contribution in [0.15, 0.2) is 81.9 Å². The molecule has 0 spiro atoms. The van der Waals surface area contributed by atoms with E-state index in [4.69, 9.17) is 4.42 Å². The lowest BCUT2D eigenvalue weighted by Gasteiger charge is -2.18. The van der Waals surface area contributed by atoms with Crippen LogP contribution in [0.3, 0.4) is 0 Å². The molecule has 0 aliphatic rings. The zero-order chi connectivity index (χ0) is 17.6. The van der Waals surface area contributed by atoms with Crippen molar-refractivity contribution in [3.63, 3.8) is 0 Å². The predicted molar refractivity (Wildman–Crippen MR) is 101 cm³/mol. The molecule has 0 aliphatic carbocycles. The summed E-state index contributed by atoms with van der Waals surface area (Å²) < 4.78 is 6.57. The number of quaternary nitrogens is 1. The Hall–Kier alpha value is -2.37. The van der Waals surface area contributed by atoms with Crippen molar-refractivity contribution in [1.82, 2.24) is 0 Å². The zero-order valence-electron chi connectivity index (χ0n) is 13.9. The number of halogens is 1. The molecule has 2 aromatic carbocycles. The van der Waals surface area contributed by atoms with E-state index in [0.717, 1.165) is 21.5 Å². The van der Waals surface area contributed by atoms with E-state index in [-0.39, 0.29) is 18.0 Å². The van der Waals surface area contributed by atoms with Crippen LogP contribution in [0.4, 0.5) is 5.69 Å². The standard InChI is InChI=1S/C20H19BrN2O2/c1-14(20(24)23-17-11-9-16(21)10-12-17)22-19(18-8-5-13-25-18)15-6-3-2-4-7-15/h2-14,19,22H,1H3,(H,23,24)/p+1/t14-,19-/m1/s1. The van der Waals surface area contributed by atoms with Crippen LogP contribution in [0.25, 0.3) is 0 Å².